The van der Waals surface area contributed by atoms with Crippen molar-refractivity contribution >= 4 is 23.9 Å². The van der Waals surface area contributed by atoms with Gasteiger partial charge in [0.15, 0.2) is 13.2 Å². The van der Waals surface area contributed by atoms with E-state index in [0.717, 1.165) is 24.3 Å². The molecule has 4 N–H and O–H groups in total. The maximum atomic E-state index is 12.3. The molecule has 0 bridgehead atoms. The molecule has 0 aliphatic rings. The van der Waals surface area contributed by atoms with Crippen molar-refractivity contribution in [3.63, 3.8) is 0 Å². The molecule has 12 heteroatoms. The molecule has 0 spiro atoms. The van der Waals surface area contributed by atoms with Crippen molar-refractivity contribution in [3.05, 3.63) is 47.5 Å². The Bertz CT molecular complexity index is 1070. The summed E-state index contributed by atoms with van der Waals surface area (Å²) in [6.45, 7) is 4.82. The Hall–Kier alpha value is -4.48. The minimum absolute atomic E-state index is 0.0167. The molecule has 0 fully saturated rings. The van der Waals surface area contributed by atoms with E-state index in [1.807, 2.05) is 0 Å². The summed E-state index contributed by atoms with van der Waals surface area (Å²) in [5, 5.41) is 37.1. The number of hydrogen-bond donors (Lipinski definition) is 4. The number of aromatic hydroxyl groups is 2. The minimum Gasteiger partial charge on any atom is -0.507 e. The molecule has 0 aliphatic heterocycles. The number of rotatable bonds is 11. The van der Waals surface area contributed by atoms with Gasteiger partial charge in [-0.15, -0.1) is 0 Å². The van der Waals surface area contributed by atoms with Crippen LogP contribution < -0.4 is 9.47 Å². The molecule has 0 heterocycles. The summed E-state index contributed by atoms with van der Waals surface area (Å²) in [7, 11) is 0. The summed E-state index contributed by atoms with van der Waals surface area (Å²) in [5.41, 5.74) is -3.50. The number of hydrogen-bond acceptors (Lipinski definition) is 10. The third-order valence-electron chi connectivity index (χ3n) is 5.30. The molecule has 0 aliphatic carbocycles. The summed E-state index contributed by atoms with van der Waals surface area (Å²) >= 11 is 0. The first-order valence-corrected chi connectivity index (χ1v) is 10.4. The zero-order valence-electron chi connectivity index (χ0n) is 19.9. The summed E-state index contributed by atoms with van der Waals surface area (Å²) in [5.74, 6) is -5.31. The fraction of sp³-hybridized carbons (Fsp3) is 0.333. The molecular formula is C24H26O12. The van der Waals surface area contributed by atoms with E-state index in [2.05, 4.69) is 0 Å². The van der Waals surface area contributed by atoms with Gasteiger partial charge in [-0.3, -0.25) is 0 Å². The van der Waals surface area contributed by atoms with Gasteiger partial charge in [-0.2, -0.15) is 0 Å². The smallest absolute Gasteiger partial charge is 0.344 e. The lowest BCUT2D eigenvalue weighted by Crippen LogP contribution is -2.52. The van der Waals surface area contributed by atoms with Crippen LogP contribution in [0.3, 0.4) is 0 Å². The summed E-state index contributed by atoms with van der Waals surface area (Å²) in [6, 6.07) is 6.88. The number of ether oxygens (including phenoxy) is 4. The van der Waals surface area contributed by atoms with E-state index in [0.29, 0.717) is 0 Å². The molecule has 0 radical (unpaired) electrons. The van der Waals surface area contributed by atoms with Crippen LogP contribution in [-0.4, -0.2) is 68.7 Å². The van der Waals surface area contributed by atoms with Crippen molar-refractivity contribution in [1.82, 2.24) is 0 Å². The normalized spacial score (nSPS) is 11.3. The van der Waals surface area contributed by atoms with Crippen molar-refractivity contribution in [2.45, 2.75) is 38.9 Å². The van der Waals surface area contributed by atoms with Gasteiger partial charge in [0, 0.05) is 0 Å². The van der Waals surface area contributed by atoms with Gasteiger partial charge in [-0.1, -0.05) is 0 Å². The first-order valence-electron chi connectivity index (χ1n) is 10.4. The molecule has 194 valence electrons. The van der Waals surface area contributed by atoms with Crippen molar-refractivity contribution < 1.29 is 58.6 Å². The molecule has 2 rings (SSSR count). The Morgan fingerprint density at radius 3 is 1.31 bits per heavy atom. The van der Waals surface area contributed by atoms with Gasteiger partial charge >= 0.3 is 23.9 Å². The van der Waals surface area contributed by atoms with Gasteiger partial charge < -0.3 is 39.4 Å². The highest BCUT2D eigenvalue weighted by Gasteiger charge is 2.44. The predicted octanol–water partition coefficient (Wildman–Crippen LogP) is 2.60. The van der Waals surface area contributed by atoms with Crippen LogP contribution in [-0.2, 0) is 19.1 Å². The van der Waals surface area contributed by atoms with E-state index in [4.69, 9.17) is 29.2 Å². The third kappa shape index (κ3) is 7.01. The second-order valence-corrected chi connectivity index (χ2v) is 8.51. The molecular weight excluding hydrogens is 480 g/mol. The largest absolute Gasteiger partial charge is 0.507 e. The van der Waals surface area contributed by atoms with Gasteiger partial charge in [0.2, 0.25) is 0 Å². The quantitative estimate of drug-likeness (QED) is 0.327. The first kappa shape index (κ1) is 27.8. The van der Waals surface area contributed by atoms with Crippen LogP contribution in [0.5, 0.6) is 23.0 Å². The topological polar surface area (TPSA) is 186 Å². The van der Waals surface area contributed by atoms with E-state index in [-0.39, 0.29) is 11.5 Å². The van der Waals surface area contributed by atoms with Crippen LogP contribution in [0.1, 0.15) is 48.4 Å². The van der Waals surface area contributed by atoms with Crippen molar-refractivity contribution in [2.24, 2.45) is 0 Å². The van der Waals surface area contributed by atoms with E-state index in [1.54, 1.807) is 0 Å². The van der Waals surface area contributed by atoms with Crippen LogP contribution >= 0.6 is 0 Å². The maximum absolute atomic E-state index is 12.3. The number of phenols is 2. The van der Waals surface area contributed by atoms with Crippen LogP contribution in [0.2, 0.25) is 0 Å². The number of benzene rings is 2. The standard InChI is InChI=1S/C24H26O12/c1-23(2,35-19(27)11-33-13-5-7-17(25)15(9-13)21(29)30)24(3,4)36-20(28)12-34-14-6-8-18(26)16(10-14)22(31)32/h5-10,25-26H,11-12H2,1-4H3,(H,29,30)(H,31,32). The second kappa shape index (κ2) is 10.8. The number of esters is 2. The number of carboxylic acid groups (broad SMARTS) is 2. The van der Waals surface area contributed by atoms with Crippen molar-refractivity contribution in [1.29, 1.82) is 0 Å². The second-order valence-electron chi connectivity index (χ2n) is 8.51. The van der Waals surface area contributed by atoms with E-state index < -0.39 is 70.9 Å². The molecule has 0 amide bonds. The highest BCUT2D eigenvalue weighted by atomic mass is 16.6. The van der Waals surface area contributed by atoms with Crippen molar-refractivity contribution in [3.8, 4) is 23.0 Å². The highest BCUT2D eigenvalue weighted by Crippen LogP contribution is 2.30. The zero-order valence-corrected chi connectivity index (χ0v) is 19.9. The van der Waals surface area contributed by atoms with Crippen LogP contribution in [0.4, 0.5) is 0 Å². The lowest BCUT2D eigenvalue weighted by Gasteiger charge is -2.39. The third-order valence-corrected chi connectivity index (χ3v) is 5.30. The fourth-order valence-corrected chi connectivity index (χ4v) is 2.71. The monoisotopic (exact) mass is 506 g/mol. The van der Waals surface area contributed by atoms with E-state index >= 15 is 0 Å². The number of carbonyl (C=O) groups is 4. The Morgan fingerprint density at radius 2 is 1.00 bits per heavy atom. The van der Waals surface area contributed by atoms with Gasteiger partial charge in [0.05, 0.1) is 0 Å². The first-order chi connectivity index (χ1) is 16.6. The van der Waals surface area contributed by atoms with E-state index in [9.17, 15) is 29.4 Å². The Kier molecular flexibility index (Phi) is 8.36. The summed E-state index contributed by atoms with van der Waals surface area (Å²) < 4.78 is 21.3. The molecule has 0 saturated heterocycles. The van der Waals surface area contributed by atoms with Gasteiger partial charge in [0.25, 0.3) is 0 Å². The van der Waals surface area contributed by atoms with Gasteiger partial charge in [-0.05, 0) is 64.1 Å². The number of carbonyl (C=O) groups excluding carboxylic acids is 2. The molecule has 0 atom stereocenters. The predicted molar refractivity (Wildman–Crippen MR) is 121 cm³/mol. The van der Waals surface area contributed by atoms with Crippen LogP contribution in [0.25, 0.3) is 0 Å². The number of aromatic carboxylic acids is 2. The molecule has 2 aromatic carbocycles. The summed E-state index contributed by atoms with van der Waals surface area (Å²) in [4.78, 5) is 46.8. The molecule has 12 nitrogen and oxygen atoms in total. The summed E-state index contributed by atoms with van der Waals surface area (Å²) in [6.07, 6.45) is 0. The minimum atomic E-state index is -1.37. The van der Waals surface area contributed by atoms with Gasteiger partial charge in [-0.25, -0.2) is 19.2 Å². The lowest BCUT2D eigenvalue weighted by molar-refractivity contribution is -0.201. The maximum Gasteiger partial charge on any atom is 0.344 e. The Labute approximate surface area is 205 Å². The molecule has 0 aromatic heterocycles. The van der Waals surface area contributed by atoms with Crippen molar-refractivity contribution in [2.75, 3.05) is 13.2 Å². The molecule has 36 heavy (non-hydrogen) atoms. The SMILES string of the molecule is CC(C)(OC(=O)COc1ccc(O)c(C(=O)O)c1)C(C)(C)OC(=O)COc1ccc(O)c(C(=O)O)c1. The Morgan fingerprint density at radius 1 is 0.667 bits per heavy atom. The highest BCUT2D eigenvalue weighted by molar-refractivity contribution is 5.91. The number of carboxylic acids is 2. The van der Waals surface area contributed by atoms with E-state index in [1.165, 1.54) is 39.8 Å². The zero-order chi connectivity index (χ0) is 27.3. The van der Waals surface area contributed by atoms with Crippen LogP contribution in [0.15, 0.2) is 36.4 Å². The molecule has 0 unspecified atom stereocenters. The lowest BCUT2D eigenvalue weighted by atomic mass is 9.89. The fourth-order valence-electron chi connectivity index (χ4n) is 2.71. The average Bonchev–Trinajstić information content (AvgIpc) is 2.76. The Balaban J connectivity index is 1.94. The average molecular weight is 506 g/mol. The molecule has 2 aromatic rings. The van der Waals surface area contributed by atoms with Gasteiger partial charge in [0.1, 0.15) is 45.3 Å². The van der Waals surface area contributed by atoms with Crippen LogP contribution in [0, 0.1) is 0 Å². The molecule has 0 saturated carbocycles.